The summed E-state index contributed by atoms with van der Waals surface area (Å²) in [5, 5.41) is 9.49. The highest BCUT2D eigenvalue weighted by Crippen LogP contribution is 2.30. The van der Waals surface area contributed by atoms with Gasteiger partial charge in [0.15, 0.2) is 11.6 Å². The van der Waals surface area contributed by atoms with Crippen molar-refractivity contribution in [3.63, 3.8) is 0 Å². The number of carbonyl (C=O) groups is 1. The maximum Gasteiger partial charge on any atom is 0.351 e. The van der Waals surface area contributed by atoms with Gasteiger partial charge < -0.3 is 9.80 Å². The lowest BCUT2D eigenvalue weighted by Gasteiger charge is -2.37. The standard InChI is InChI=1S/C23H24F3N9O2/c1-3-33-23(37)34(14(2)30-33)20-18(26)13-27-21(29-20)31-6-8-32(9-7-31)22(36)35-19(4-5-28-35)15-10-16(24)12-17(25)11-15/h5,10-13,19H,3-4,6-9H2,1-2H3. The summed E-state index contributed by atoms with van der Waals surface area (Å²) >= 11 is 0. The summed E-state index contributed by atoms with van der Waals surface area (Å²) in [6, 6.07) is 2.17. The van der Waals surface area contributed by atoms with Crippen LogP contribution >= 0.6 is 0 Å². The highest BCUT2D eigenvalue weighted by Gasteiger charge is 2.34. The van der Waals surface area contributed by atoms with Crippen LogP contribution < -0.4 is 10.6 Å². The lowest BCUT2D eigenvalue weighted by molar-refractivity contribution is 0.139. The molecular weight excluding hydrogens is 491 g/mol. The first-order valence-corrected chi connectivity index (χ1v) is 11.8. The molecule has 1 unspecified atom stereocenters. The Labute approximate surface area is 209 Å². The van der Waals surface area contributed by atoms with Gasteiger partial charge in [-0.25, -0.2) is 42.0 Å². The van der Waals surface area contributed by atoms with Gasteiger partial charge in [0.25, 0.3) is 0 Å². The molecule has 11 nitrogen and oxygen atoms in total. The van der Waals surface area contributed by atoms with Crippen molar-refractivity contribution in [3.05, 3.63) is 63.7 Å². The molecule has 5 rings (SSSR count). The van der Waals surface area contributed by atoms with Crippen molar-refractivity contribution in [2.75, 3.05) is 31.1 Å². The Bertz CT molecular complexity index is 1410. The van der Waals surface area contributed by atoms with Gasteiger partial charge >= 0.3 is 11.7 Å². The molecule has 0 spiro atoms. The Hall–Kier alpha value is -4.23. The van der Waals surface area contributed by atoms with Gasteiger partial charge in [-0.15, -0.1) is 0 Å². The largest absolute Gasteiger partial charge is 0.351 e. The molecule has 14 heteroatoms. The van der Waals surface area contributed by atoms with Gasteiger partial charge in [-0.2, -0.15) is 15.2 Å². The highest BCUT2D eigenvalue weighted by atomic mass is 19.1. The molecule has 194 valence electrons. The molecule has 2 aromatic heterocycles. The average molecular weight is 516 g/mol. The Morgan fingerprint density at radius 3 is 2.43 bits per heavy atom. The van der Waals surface area contributed by atoms with Gasteiger partial charge in [-0.05, 0) is 31.5 Å². The van der Waals surface area contributed by atoms with Crippen molar-refractivity contribution < 1.29 is 18.0 Å². The monoisotopic (exact) mass is 515 g/mol. The normalized spacial score (nSPS) is 17.6. The maximum atomic E-state index is 14.6. The lowest BCUT2D eigenvalue weighted by Crippen LogP contribution is -2.52. The van der Waals surface area contributed by atoms with E-state index < -0.39 is 35.2 Å². The van der Waals surface area contributed by atoms with Crippen LogP contribution in [0.3, 0.4) is 0 Å². The van der Waals surface area contributed by atoms with Crippen molar-refractivity contribution in [3.8, 4) is 5.82 Å². The molecule has 1 aromatic carbocycles. The van der Waals surface area contributed by atoms with Crippen molar-refractivity contribution in [2.24, 2.45) is 5.10 Å². The quantitative estimate of drug-likeness (QED) is 0.528. The summed E-state index contributed by atoms with van der Waals surface area (Å²) in [6.07, 6.45) is 2.89. The Balaban J connectivity index is 1.30. The predicted octanol–water partition coefficient (Wildman–Crippen LogP) is 2.24. The average Bonchev–Trinajstić information content (AvgIpc) is 3.48. The van der Waals surface area contributed by atoms with Crippen molar-refractivity contribution in [1.82, 2.24) is 34.2 Å². The number of aromatic nitrogens is 5. The molecule has 4 heterocycles. The molecule has 37 heavy (non-hydrogen) atoms. The fourth-order valence-electron chi connectivity index (χ4n) is 4.51. The molecule has 1 saturated heterocycles. The van der Waals surface area contributed by atoms with Crippen molar-refractivity contribution >= 4 is 18.2 Å². The number of benzene rings is 1. The third-order valence-electron chi connectivity index (χ3n) is 6.35. The van der Waals surface area contributed by atoms with Crippen molar-refractivity contribution in [2.45, 2.75) is 32.9 Å². The number of hydrazone groups is 1. The molecule has 0 radical (unpaired) electrons. The number of hydrogen-bond donors (Lipinski definition) is 0. The Morgan fingerprint density at radius 2 is 1.78 bits per heavy atom. The van der Waals surface area contributed by atoms with Gasteiger partial charge in [0.1, 0.15) is 17.5 Å². The van der Waals surface area contributed by atoms with Crippen LogP contribution in [-0.4, -0.2) is 72.6 Å². The predicted molar refractivity (Wildman–Crippen MR) is 127 cm³/mol. The van der Waals surface area contributed by atoms with Crippen LogP contribution in [0.15, 0.2) is 34.3 Å². The first kappa shape index (κ1) is 24.5. The number of piperazine rings is 1. The number of hydrogen-bond acceptors (Lipinski definition) is 7. The van der Waals surface area contributed by atoms with Gasteiger partial charge in [0, 0.05) is 51.4 Å². The molecule has 2 aliphatic heterocycles. The molecule has 0 bridgehead atoms. The van der Waals surface area contributed by atoms with E-state index in [0.29, 0.717) is 37.4 Å². The summed E-state index contributed by atoms with van der Waals surface area (Å²) in [4.78, 5) is 37.5. The molecular formula is C23H24F3N9O2. The summed E-state index contributed by atoms with van der Waals surface area (Å²) in [5.41, 5.74) is -0.177. The third-order valence-corrected chi connectivity index (χ3v) is 6.35. The topological polar surface area (TPSA) is 105 Å². The second-order valence-corrected chi connectivity index (χ2v) is 8.68. The van der Waals surface area contributed by atoms with Crippen molar-refractivity contribution in [1.29, 1.82) is 0 Å². The highest BCUT2D eigenvalue weighted by molar-refractivity contribution is 5.78. The number of amides is 2. The number of nitrogens with zero attached hydrogens (tertiary/aromatic N) is 9. The van der Waals surface area contributed by atoms with Gasteiger partial charge in [0.05, 0.1) is 12.2 Å². The SMILES string of the molecule is CCn1nc(C)n(-c2nc(N3CCN(C(=O)N4N=CCC4c4cc(F)cc(F)c4)CC3)ncc2F)c1=O. The van der Waals surface area contributed by atoms with Crippen LogP contribution in [0.1, 0.15) is 30.8 Å². The van der Waals surface area contributed by atoms with E-state index in [1.807, 2.05) is 0 Å². The fourth-order valence-corrected chi connectivity index (χ4v) is 4.51. The smallest absolute Gasteiger partial charge is 0.337 e. The molecule has 2 amide bonds. The van der Waals surface area contributed by atoms with Gasteiger partial charge in [-0.3, -0.25) is 0 Å². The summed E-state index contributed by atoms with van der Waals surface area (Å²) < 4.78 is 44.4. The maximum absolute atomic E-state index is 14.6. The van der Waals surface area contributed by atoms with E-state index in [0.717, 1.165) is 16.8 Å². The second kappa shape index (κ2) is 9.67. The zero-order chi connectivity index (χ0) is 26.3. The van der Waals surface area contributed by atoms with Crippen LogP contribution in [-0.2, 0) is 6.54 Å². The van der Waals surface area contributed by atoms with E-state index in [-0.39, 0.29) is 24.9 Å². The minimum absolute atomic E-state index is 0.192. The van der Waals surface area contributed by atoms with E-state index in [4.69, 9.17) is 0 Å². The van der Waals surface area contributed by atoms with Crippen LogP contribution in [0.4, 0.5) is 23.9 Å². The zero-order valence-electron chi connectivity index (χ0n) is 20.2. The molecule has 1 fully saturated rings. The molecule has 3 aromatic rings. The number of aryl methyl sites for hydroxylation is 2. The van der Waals surface area contributed by atoms with Crippen LogP contribution in [0, 0.1) is 24.4 Å². The van der Waals surface area contributed by atoms with E-state index in [9.17, 15) is 22.8 Å². The lowest BCUT2D eigenvalue weighted by atomic mass is 10.0. The Kier molecular flexibility index (Phi) is 6.39. The van der Waals surface area contributed by atoms with Gasteiger partial charge in [-0.1, -0.05) is 0 Å². The number of halogens is 3. The zero-order valence-corrected chi connectivity index (χ0v) is 20.2. The molecule has 0 aliphatic carbocycles. The fraction of sp³-hybridized carbons (Fsp3) is 0.391. The first-order valence-electron chi connectivity index (χ1n) is 11.8. The van der Waals surface area contributed by atoms with Crippen LogP contribution in [0.2, 0.25) is 0 Å². The van der Waals surface area contributed by atoms with Gasteiger partial charge in [0.2, 0.25) is 5.95 Å². The summed E-state index contributed by atoms with van der Waals surface area (Å²) in [7, 11) is 0. The minimum atomic E-state index is -0.759. The number of urea groups is 1. The minimum Gasteiger partial charge on any atom is -0.337 e. The number of rotatable bonds is 4. The molecule has 0 saturated carbocycles. The van der Waals surface area contributed by atoms with Crippen LogP contribution in [0.25, 0.3) is 5.82 Å². The van der Waals surface area contributed by atoms with E-state index in [2.05, 4.69) is 20.2 Å². The molecule has 0 N–H and O–H groups in total. The molecule has 2 aliphatic rings. The summed E-state index contributed by atoms with van der Waals surface area (Å²) in [6.45, 7) is 4.94. The van der Waals surface area contributed by atoms with E-state index >= 15 is 0 Å². The van der Waals surface area contributed by atoms with E-state index in [1.54, 1.807) is 29.9 Å². The number of carbonyl (C=O) groups excluding carboxylic acids is 1. The van der Waals surface area contributed by atoms with Crippen LogP contribution in [0.5, 0.6) is 0 Å². The number of anilines is 1. The Morgan fingerprint density at radius 1 is 1.08 bits per heavy atom. The second-order valence-electron chi connectivity index (χ2n) is 8.68. The van der Waals surface area contributed by atoms with E-state index in [1.165, 1.54) is 21.8 Å². The third kappa shape index (κ3) is 4.54. The molecule has 1 atom stereocenters. The first-order chi connectivity index (χ1) is 17.8. The summed E-state index contributed by atoms with van der Waals surface area (Å²) in [5.74, 6) is -1.88.